The number of imidazole rings is 1. The van der Waals surface area contributed by atoms with Crippen molar-refractivity contribution in [3.63, 3.8) is 0 Å². The van der Waals surface area contributed by atoms with E-state index in [4.69, 9.17) is 4.74 Å². The first kappa shape index (κ1) is 17.7. The van der Waals surface area contributed by atoms with E-state index < -0.39 is 0 Å². The SMILES string of the molecule is COc1cccc(C(NC(=O)Cc2ccccc2C)c2nccn2C)c1. The van der Waals surface area contributed by atoms with Gasteiger partial charge in [-0.05, 0) is 35.7 Å². The van der Waals surface area contributed by atoms with E-state index >= 15 is 0 Å². The molecule has 0 saturated carbocycles. The van der Waals surface area contributed by atoms with Crippen LogP contribution in [0.15, 0.2) is 60.9 Å². The first-order valence-electron chi connectivity index (χ1n) is 8.53. The topological polar surface area (TPSA) is 56.1 Å². The molecule has 3 aromatic rings. The van der Waals surface area contributed by atoms with Gasteiger partial charge in [-0.3, -0.25) is 4.79 Å². The highest BCUT2D eigenvalue weighted by Crippen LogP contribution is 2.24. The normalized spacial score (nSPS) is 11.8. The standard InChI is InChI=1S/C21H23N3O2/c1-15-7-4-5-8-16(15)14-19(25)23-20(21-22-11-12-24(21)2)17-9-6-10-18(13-17)26-3/h4-13,20H,14H2,1-3H3,(H,23,25). The second-order valence-corrected chi connectivity index (χ2v) is 6.28. The zero-order valence-corrected chi connectivity index (χ0v) is 15.3. The van der Waals surface area contributed by atoms with Crippen molar-refractivity contribution >= 4 is 5.91 Å². The molecule has 0 bridgehead atoms. The summed E-state index contributed by atoms with van der Waals surface area (Å²) in [6.07, 6.45) is 3.93. The number of amides is 1. The van der Waals surface area contributed by atoms with Gasteiger partial charge >= 0.3 is 0 Å². The number of carbonyl (C=O) groups is 1. The van der Waals surface area contributed by atoms with Gasteiger partial charge in [0.15, 0.2) is 0 Å². The van der Waals surface area contributed by atoms with E-state index in [2.05, 4.69) is 10.3 Å². The lowest BCUT2D eigenvalue weighted by atomic mass is 10.0. The number of ether oxygens (including phenoxy) is 1. The molecule has 0 radical (unpaired) electrons. The zero-order chi connectivity index (χ0) is 18.5. The smallest absolute Gasteiger partial charge is 0.225 e. The number of methoxy groups -OCH3 is 1. The number of aromatic nitrogens is 2. The summed E-state index contributed by atoms with van der Waals surface area (Å²) in [4.78, 5) is 17.2. The van der Waals surface area contributed by atoms with Crippen LogP contribution in [-0.4, -0.2) is 22.6 Å². The van der Waals surface area contributed by atoms with Gasteiger partial charge in [0.2, 0.25) is 5.91 Å². The number of hydrogen-bond donors (Lipinski definition) is 1. The van der Waals surface area contributed by atoms with Gasteiger partial charge in [-0.25, -0.2) is 4.98 Å². The van der Waals surface area contributed by atoms with E-state index in [0.717, 1.165) is 28.3 Å². The summed E-state index contributed by atoms with van der Waals surface area (Å²) >= 11 is 0. The van der Waals surface area contributed by atoms with Crippen LogP contribution in [0.5, 0.6) is 5.75 Å². The second-order valence-electron chi connectivity index (χ2n) is 6.28. The molecule has 1 N–H and O–H groups in total. The maximum Gasteiger partial charge on any atom is 0.225 e. The predicted octanol–water partition coefficient (Wildman–Crippen LogP) is 3.19. The third-order valence-corrected chi connectivity index (χ3v) is 4.46. The van der Waals surface area contributed by atoms with E-state index in [9.17, 15) is 4.79 Å². The molecule has 0 aliphatic rings. The highest BCUT2D eigenvalue weighted by Gasteiger charge is 2.21. The third kappa shape index (κ3) is 3.94. The van der Waals surface area contributed by atoms with Gasteiger partial charge in [0, 0.05) is 19.4 Å². The average Bonchev–Trinajstić information content (AvgIpc) is 3.07. The van der Waals surface area contributed by atoms with Gasteiger partial charge in [0.25, 0.3) is 0 Å². The first-order chi connectivity index (χ1) is 12.6. The van der Waals surface area contributed by atoms with E-state index in [-0.39, 0.29) is 11.9 Å². The van der Waals surface area contributed by atoms with Crippen molar-refractivity contribution in [2.45, 2.75) is 19.4 Å². The maximum absolute atomic E-state index is 12.7. The summed E-state index contributed by atoms with van der Waals surface area (Å²) in [6, 6.07) is 15.3. The molecule has 1 amide bonds. The molecule has 134 valence electrons. The van der Waals surface area contributed by atoms with Crippen LogP contribution in [-0.2, 0) is 18.3 Å². The molecule has 1 aromatic heterocycles. The van der Waals surface area contributed by atoms with Crippen LogP contribution >= 0.6 is 0 Å². The molecular weight excluding hydrogens is 326 g/mol. The lowest BCUT2D eigenvalue weighted by Crippen LogP contribution is -2.32. The molecule has 0 spiro atoms. The Bertz CT molecular complexity index is 902. The molecule has 0 saturated heterocycles. The number of hydrogen-bond acceptors (Lipinski definition) is 3. The van der Waals surface area contributed by atoms with E-state index in [0.29, 0.717) is 6.42 Å². The largest absolute Gasteiger partial charge is 0.497 e. The van der Waals surface area contributed by atoms with Gasteiger partial charge < -0.3 is 14.6 Å². The molecule has 2 aromatic carbocycles. The van der Waals surface area contributed by atoms with Crippen LogP contribution in [0.4, 0.5) is 0 Å². The molecule has 0 fully saturated rings. The Balaban J connectivity index is 1.88. The van der Waals surface area contributed by atoms with E-state index in [1.165, 1.54) is 0 Å². The van der Waals surface area contributed by atoms with E-state index in [1.807, 2.05) is 73.3 Å². The van der Waals surface area contributed by atoms with Crippen molar-refractivity contribution in [3.05, 3.63) is 83.4 Å². The minimum Gasteiger partial charge on any atom is -0.497 e. The maximum atomic E-state index is 12.7. The molecule has 5 nitrogen and oxygen atoms in total. The molecule has 0 aliphatic heterocycles. The van der Waals surface area contributed by atoms with Crippen LogP contribution in [0, 0.1) is 6.92 Å². The van der Waals surface area contributed by atoms with Crippen molar-refractivity contribution in [1.82, 2.24) is 14.9 Å². The summed E-state index contributed by atoms with van der Waals surface area (Å²) in [5.41, 5.74) is 3.06. The summed E-state index contributed by atoms with van der Waals surface area (Å²) in [6.45, 7) is 2.01. The van der Waals surface area contributed by atoms with Crippen molar-refractivity contribution < 1.29 is 9.53 Å². The fraction of sp³-hybridized carbons (Fsp3) is 0.238. The highest BCUT2D eigenvalue weighted by atomic mass is 16.5. The molecular formula is C21H23N3O2. The van der Waals surface area contributed by atoms with E-state index in [1.54, 1.807) is 13.3 Å². The molecule has 1 unspecified atom stereocenters. The van der Waals surface area contributed by atoms with Crippen LogP contribution in [0.25, 0.3) is 0 Å². The Kier molecular flexibility index (Phi) is 5.37. The number of nitrogens with zero attached hydrogens (tertiary/aromatic N) is 2. The second kappa shape index (κ2) is 7.87. The van der Waals surface area contributed by atoms with Gasteiger partial charge in [0.05, 0.1) is 13.5 Å². The van der Waals surface area contributed by atoms with Crippen molar-refractivity contribution in [3.8, 4) is 5.75 Å². The lowest BCUT2D eigenvalue weighted by molar-refractivity contribution is -0.121. The van der Waals surface area contributed by atoms with Gasteiger partial charge in [-0.2, -0.15) is 0 Å². The van der Waals surface area contributed by atoms with Gasteiger partial charge in [-0.15, -0.1) is 0 Å². The Morgan fingerprint density at radius 1 is 1.23 bits per heavy atom. The predicted molar refractivity (Wildman–Crippen MR) is 101 cm³/mol. The molecule has 3 rings (SSSR count). The quantitative estimate of drug-likeness (QED) is 0.744. The van der Waals surface area contributed by atoms with Gasteiger partial charge in [-0.1, -0.05) is 36.4 Å². The number of nitrogens with one attached hydrogen (secondary N) is 1. The molecule has 5 heteroatoms. The third-order valence-electron chi connectivity index (χ3n) is 4.46. The summed E-state index contributed by atoms with van der Waals surface area (Å²) in [5.74, 6) is 1.47. The van der Waals surface area contributed by atoms with Crippen LogP contribution in [0.1, 0.15) is 28.6 Å². The number of aryl methyl sites for hydroxylation is 2. The summed E-state index contributed by atoms with van der Waals surface area (Å²) < 4.78 is 7.24. The van der Waals surface area contributed by atoms with Crippen LogP contribution in [0.3, 0.4) is 0 Å². The lowest BCUT2D eigenvalue weighted by Gasteiger charge is -2.20. The number of benzene rings is 2. The zero-order valence-electron chi connectivity index (χ0n) is 15.3. The minimum atomic E-state index is -0.346. The van der Waals surface area contributed by atoms with Crippen molar-refractivity contribution in [1.29, 1.82) is 0 Å². The highest BCUT2D eigenvalue weighted by molar-refractivity contribution is 5.79. The Hall–Kier alpha value is -3.08. The molecule has 1 heterocycles. The Morgan fingerprint density at radius 2 is 2.04 bits per heavy atom. The minimum absolute atomic E-state index is 0.0462. The number of rotatable bonds is 6. The van der Waals surface area contributed by atoms with Gasteiger partial charge in [0.1, 0.15) is 17.6 Å². The summed E-state index contributed by atoms with van der Waals surface area (Å²) in [7, 11) is 3.55. The first-order valence-corrected chi connectivity index (χ1v) is 8.53. The average molecular weight is 349 g/mol. The molecule has 1 atom stereocenters. The fourth-order valence-corrected chi connectivity index (χ4v) is 2.97. The molecule has 26 heavy (non-hydrogen) atoms. The Labute approximate surface area is 153 Å². The fourth-order valence-electron chi connectivity index (χ4n) is 2.97. The van der Waals surface area contributed by atoms with Crippen LogP contribution < -0.4 is 10.1 Å². The molecule has 0 aliphatic carbocycles. The van der Waals surface area contributed by atoms with Crippen LogP contribution in [0.2, 0.25) is 0 Å². The monoisotopic (exact) mass is 349 g/mol. The van der Waals surface area contributed by atoms with Crippen molar-refractivity contribution in [2.24, 2.45) is 7.05 Å². The number of carbonyl (C=O) groups excluding carboxylic acids is 1. The Morgan fingerprint density at radius 3 is 2.73 bits per heavy atom. The van der Waals surface area contributed by atoms with Crippen molar-refractivity contribution in [2.75, 3.05) is 7.11 Å². The summed E-state index contributed by atoms with van der Waals surface area (Å²) in [5, 5.41) is 3.13.